The summed E-state index contributed by atoms with van der Waals surface area (Å²) in [5, 5.41) is 0. The fourth-order valence-corrected chi connectivity index (χ4v) is 12.3. The Bertz CT molecular complexity index is 3730. The van der Waals surface area contributed by atoms with Crippen LogP contribution in [0.3, 0.4) is 0 Å². The van der Waals surface area contributed by atoms with Crippen molar-refractivity contribution in [3.8, 4) is 22.3 Å². The Morgan fingerprint density at radius 1 is 0.182 bits per heavy atom. The molecule has 0 aliphatic heterocycles. The number of fused-ring (bicyclic) bond motifs is 10. The number of rotatable bonds is 12. The summed E-state index contributed by atoms with van der Waals surface area (Å²) in [4.78, 5) is 9.74. The van der Waals surface area contributed by atoms with E-state index in [0.717, 1.165) is 68.2 Å². The van der Waals surface area contributed by atoms with Crippen LogP contribution in [0.4, 0.5) is 68.2 Å². The molecule has 0 atom stereocenters. The van der Waals surface area contributed by atoms with Gasteiger partial charge in [0.1, 0.15) is 0 Å². The number of benzene rings is 12. The van der Waals surface area contributed by atoms with E-state index in [-0.39, 0.29) is 0 Å². The summed E-state index contributed by atoms with van der Waals surface area (Å²) in [5.74, 6) is 0. The highest BCUT2D eigenvalue weighted by Gasteiger charge is 2.54. The van der Waals surface area contributed by atoms with E-state index in [2.05, 4.69) is 335 Å². The maximum atomic E-state index is 2.46. The first kappa shape index (κ1) is 45.5. The van der Waals surface area contributed by atoms with Gasteiger partial charge in [0.25, 0.3) is 0 Å². The largest absolute Gasteiger partial charge is 0.310 e. The standard InChI is InChI=1S/C73H52N4/c1-9-28-53(29-10-1)74(54-30-11-2-12-31-54)61-50-51-63-62(52-61)70-64(44-25-47-67(70)75(55-32-13-3-14-33-55)56-34-15-4-16-35-56)73(63)65-45-26-48-68(76(57-36-17-5-18-37-57)58-38-19-6-20-39-58)71(65)72-66(73)46-27-49-69(72)77(59-40-21-7-22-41-59)60-42-23-8-24-43-60/h1-52H. The van der Waals surface area contributed by atoms with E-state index in [1.807, 2.05) is 0 Å². The van der Waals surface area contributed by atoms with E-state index in [1.54, 1.807) is 0 Å². The van der Waals surface area contributed by atoms with Crippen molar-refractivity contribution in [3.63, 3.8) is 0 Å². The number of hydrogen-bond acceptors (Lipinski definition) is 4. The molecule has 2 aliphatic rings. The number of hydrogen-bond donors (Lipinski definition) is 0. The second kappa shape index (κ2) is 19.3. The molecule has 2 aliphatic carbocycles. The molecule has 364 valence electrons. The molecule has 4 heteroatoms. The molecule has 0 aromatic heterocycles. The summed E-state index contributed by atoms with van der Waals surface area (Å²) in [5.41, 5.74) is 21.9. The van der Waals surface area contributed by atoms with E-state index in [4.69, 9.17) is 0 Å². The Morgan fingerprint density at radius 2 is 0.442 bits per heavy atom. The molecule has 77 heavy (non-hydrogen) atoms. The van der Waals surface area contributed by atoms with Crippen molar-refractivity contribution in [2.75, 3.05) is 19.6 Å². The fourth-order valence-electron chi connectivity index (χ4n) is 12.3. The third-order valence-corrected chi connectivity index (χ3v) is 15.4. The summed E-state index contributed by atoms with van der Waals surface area (Å²) in [6.07, 6.45) is 0. The summed E-state index contributed by atoms with van der Waals surface area (Å²) < 4.78 is 0. The minimum absolute atomic E-state index is 0.780. The summed E-state index contributed by atoms with van der Waals surface area (Å²) in [7, 11) is 0. The minimum atomic E-state index is -0.780. The van der Waals surface area contributed by atoms with Crippen LogP contribution in [0.2, 0.25) is 0 Å². The molecule has 14 rings (SSSR count). The number of nitrogens with zero attached hydrogens (tertiary/aromatic N) is 4. The zero-order valence-corrected chi connectivity index (χ0v) is 42.3. The molecular weight excluding hydrogens is 933 g/mol. The number of para-hydroxylation sites is 8. The molecule has 12 aromatic carbocycles. The first-order chi connectivity index (χ1) is 38.3. The van der Waals surface area contributed by atoms with Crippen LogP contribution in [0.25, 0.3) is 22.3 Å². The van der Waals surface area contributed by atoms with Gasteiger partial charge >= 0.3 is 0 Å². The molecule has 1 spiro atoms. The summed E-state index contributed by atoms with van der Waals surface area (Å²) in [6.45, 7) is 0. The molecule has 0 saturated carbocycles. The molecule has 0 heterocycles. The third kappa shape index (κ3) is 7.52. The van der Waals surface area contributed by atoms with Crippen LogP contribution in [0, 0.1) is 0 Å². The average Bonchev–Trinajstić information content (AvgIpc) is 4.04. The van der Waals surface area contributed by atoms with Crippen molar-refractivity contribution in [1.82, 2.24) is 0 Å². The third-order valence-electron chi connectivity index (χ3n) is 15.4. The van der Waals surface area contributed by atoms with E-state index in [0.29, 0.717) is 0 Å². The van der Waals surface area contributed by atoms with E-state index < -0.39 is 5.41 Å². The molecular formula is C73H52N4. The van der Waals surface area contributed by atoms with Gasteiger partial charge < -0.3 is 19.6 Å². The van der Waals surface area contributed by atoms with Crippen molar-refractivity contribution in [3.05, 3.63) is 338 Å². The van der Waals surface area contributed by atoms with Crippen LogP contribution in [0.5, 0.6) is 0 Å². The van der Waals surface area contributed by atoms with Gasteiger partial charge in [-0.1, -0.05) is 188 Å². The Morgan fingerprint density at radius 3 is 0.740 bits per heavy atom. The predicted octanol–water partition coefficient (Wildman–Crippen LogP) is 19.9. The lowest BCUT2D eigenvalue weighted by atomic mass is 9.70. The van der Waals surface area contributed by atoms with Crippen molar-refractivity contribution in [1.29, 1.82) is 0 Å². The van der Waals surface area contributed by atoms with E-state index in [9.17, 15) is 0 Å². The molecule has 0 radical (unpaired) electrons. The van der Waals surface area contributed by atoms with Crippen LogP contribution in [-0.2, 0) is 5.41 Å². The van der Waals surface area contributed by atoms with Gasteiger partial charge in [0.2, 0.25) is 0 Å². The predicted molar refractivity (Wildman–Crippen MR) is 321 cm³/mol. The second-order valence-electron chi connectivity index (χ2n) is 19.6. The highest BCUT2D eigenvalue weighted by atomic mass is 15.2. The van der Waals surface area contributed by atoms with Crippen molar-refractivity contribution < 1.29 is 0 Å². The van der Waals surface area contributed by atoms with Crippen LogP contribution in [-0.4, -0.2) is 0 Å². The summed E-state index contributed by atoms with van der Waals surface area (Å²) in [6, 6.07) is 115. The van der Waals surface area contributed by atoms with Gasteiger partial charge in [0.05, 0.1) is 22.5 Å². The van der Waals surface area contributed by atoms with Crippen LogP contribution >= 0.6 is 0 Å². The van der Waals surface area contributed by atoms with E-state index in [1.165, 1.54) is 44.5 Å². The summed E-state index contributed by atoms with van der Waals surface area (Å²) >= 11 is 0. The quantitative estimate of drug-likeness (QED) is 0.121. The maximum absolute atomic E-state index is 2.46. The van der Waals surface area contributed by atoms with E-state index >= 15 is 0 Å². The van der Waals surface area contributed by atoms with Crippen molar-refractivity contribution in [2.45, 2.75) is 5.41 Å². The molecule has 0 bridgehead atoms. The molecule has 0 amide bonds. The highest BCUT2D eigenvalue weighted by Crippen LogP contribution is 2.68. The Balaban J connectivity index is 1.14. The second-order valence-corrected chi connectivity index (χ2v) is 19.6. The van der Waals surface area contributed by atoms with Crippen molar-refractivity contribution in [2.24, 2.45) is 0 Å². The van der Waals surface area contributed by atoms with Gasteiger partial charge in [0.15, 0.2) is 0 Å². The van der Waals surface area contributed by atoms with Gasteiger partial charge in [-0.2, -0.15) is 0 Å². The SMILES string of the molecule is c1ccc(N(c2ccccc2)c2ccc3c(c2)-c2c(N(c4ccccc4)c4ccccc4)cccc2C32c3cccc(N(c4ccccc4)c4ccccc4)c3-c3c(N(c4ccccc4)c4ccccc4)cccc32)cc1. The Labute approximate surface area is 450 Å². The molecule has 4 nitrogen and oxygen atoms in total. The smallest absolute Gasteiger partial charge is 0.0727 e. The molecule has 0 fully saturated rings. The van der Waals surface area contributed by atoms with Gasteiger partial charge in [-0.25, -0.2) is 0 Å². The Hall–Kier alpha value is -10.2. The Kier molecular flexibility index (Phi) is 11.4. The molecule has 12 aromatic rings. The monoisotopic (exact) mass is 984 g/mol. The average molecular weight is 985 g/mol. The normalized spacial score (nSPS) is 12.3. The lowest BCUT2D eigenvalue weighted by Crippen LogP contribution is -2.26. The first-order valence-electron chi connectivity index (χ1n) is 26.4. The van der Waals surface area contributed by atoms with Gasteiger partial charge in [0, 0.05) is 67.9 Å². The molecule has 0 unspecified atom stereocenters. The van der Waals surface area contributed by atoms with Gasteiger partial charge in [-0.05, 0) is 155 Å². The van der Waals surface area contributed by atoms with Gasteiger partial charge in [-0.3, -0.25) is 0 Å². The minimum Gasteiger partial charge on any atom is -0.310 e. The topological polar surface area (TPSA) is 13.0 Å². The fraction of sp³-hybridized carbons (Fsp3) is 0.0137. The van der Waals surface area contributed by atoms with Crippen LogP contribution in [0.1, 0.15) is 22.3 Å². The first-order valence-corrected chi connectivity index (χ1v) is 26.4. The van der Waals surface area contributed by atoms with Crippen LogP contribution in [0.15, 0.2) is 315 Å². The molecule has 0 saturated heterocycles. The zero-order chi connectivity index (χ0) is 51.1. The van der Waals surface area contributed by atoms with Crippen LogP contribution < -0.4 is 19.6 Å². The number of anilines is 12. The zero-order valence-electron chi connectivity index (χ0n) is 42.3. The highest BCUT2D eigenvalue weighted by molar-refractivity contribution is 6.08. The van der Waals surface area contributed by atoms with Gasteiger partial charge in [-0.15, -0.1) is 0 Å². The lowest BCUT2D eigenvalue weighted by molar-refractivity contribution is 0.793. The maximum Gasteiger partial charge on any atom is 0.0727 e. The van der Waals surface area contributed by atoms with Crippen molar-refractivity contribution >= 4 is 68.2 Å². The molecule has 0 N–H and O–H groups in total. The lowest BCUT2D eigenvalue weighted by Gasteiger charge is -2.33.